The van der Waals surface area contributed by atoms with Gasteiger partial charge >= 0.3 is 6.18 Å². The van der Waals surface area contributed by atoms with Crippen LogP contribution in [0.25, 0.3) is 0 Å². The first kappa shape index (κ1) is 13.7. The fourth-order valence-corrected chi connectivity index (χ4v) is 2.12. The quantitative estimate of drug-likeness (QED) is 0.764. The number of hydrogen-bond acceptors (Lipinski definition) is 3. The standard InChI is InChI=1S/C10H19F3N2O/c1-14-5-8-3-2-4-15(6-8)7-9(16)10(11,12)13/h8-9,14,16H,2-7H2,1H3. The lowest BCUT2D eigenvalue weighted by Crippen LogP contribution is -2.46. The monoisotopic (exact) mass is 240 g/mol. The van der Waals surface area contributed by atoms with E-state index in [9.17, 15) is 13.2 Å². The second-order valence-electron chi connectivity index (χ2n) is 4.38. The Bertz CT molecular complexity index is 209. The van der Waals surface area contributed by atoms with Crippen molar-refractivity contribution in [1.82, 2.24) is 10.2 Å². The van der Waals surface area contributed by atoms with Gasteiger partial charge < -0.3 is 15.3 Å². The molecular formula is C10H19F3N2O. The fourth-order valence-electron chi connectivity index (χ4n) is 2.12. The van der Waals surface area contributed by atoms with Crippen molar-refractivity contribution in [1.29, 1.82) is 0 Å². The summed E-state index contributed by atoms with van der Waals surface area (Å²) in [7, 11) is 1.84. The maximum Gasteiger partial charge on any atom is 0.415 e. The van der Waals surface area contributed by atoms with Gasteiger partial charge in [-0.05, 0) is 38.9 Å². The number of hydrogen-bond donors (Lipinski definition) is 2. The molecular weight excluding hydrogens is 221 g/mol. The van der Waals surface area contributed by atoms with E-state index < -0.39 is 12.3 Å². The summed E-state index contributed by atoms with van der Waals surface area (Å²) in [6, 6.07) is 0. The van der Waals surface area contributed by atoms with Gasteiger partial charge in [0.1, 0.15) is 0 Å². The highest BCUT2D eigenvalue weighted by Crippen LogP contribution is 2.23. The van der Waals surface area contributed by atoms with Crippen molar-refractivity contribution in [3.63, 3.8) is 0 Å². The molecule has 3 nitrogen and oxygen atoms in total. The molecule has 0 amide bonds. The lowest BCUT2D eigenvalue weighted by molar-refractivity contribution is -0.209. The second-order valence-corrected chi connectivity index (χ2v) is 4.38. The molecule has 96 valence electrons. The minimum Gasteiger partial charge on any atom is -0.382 e. The largest absolute Gasteiger partial charge is 0.415 e. The molecule has 1 heterocycles. The number of halogens is 3. The van der Waals surface area contributed by atoms with Gasteiger partial charge in [-0.25, -0.2) is 0 Å². The van der Waals surface area contributed by atoms with Gasteiger partial charge in [0.15, 0.2) is 6.10 Å². The van der Waals surface area contributed by atoms with E-state index in [-0.39, 0.29) is 6.54 Å². The maximum absolute atomic E-state index is 12.2. The van der Waals surface area contributed by atoms with Crippen LogP contribution in [0.1, 0.15) is 12.8 Å². The summed E-state index contributed by atoms with van der Waals surface area (Å²) in [6.07, 6.45) is -4.78. The topological polar surface area (TPSA) is 35.5 Å². The van der Waals surface area contributed by atoms with Crippen molar-refractivity contribution in [2.24, 2.45) is 5.92 Å². The lowest BCUT2D eigenvalue weighted by atomic mass is 9.98. The number of aliphatic hydroxyl groups is 1. The van der Waals surface area contributed by atoms with Crippen LogP contribution in [0.5, 0.6) is 0 Å². The molecule has 1 fully saturated rings. The van der Waals surface area contributed by atoms with Gasteiger partial charge in [-0.15, -0.1) is 0 Å². The summed E-state index contributed by atoms with van der Waals surface area (Å²) in [5.41, 5.74) is 0. The van der Waals surface area contributed by atoms with E-state index in [1.807, 2.05) is 7.05 Å². The van der Waals surface area contributed by atoms with Gasteiger partial charge in [-0.2, -0.15) is 13.2 Å². The Morgan fingerprint density at radius 1 is 1.50 bits per heavy atom. The molecule has 1 rings (SSSR count). The van der Waals surface area contributed by atoms with Crippen molar-refractivity contribution in [2.45, 2.75) is 25.1 Å². The first-order valence-electron chi connectivity index (χ1n) is 5.55. The number of aliphatic hydroxyl groups excluding tert-OH is 1. The van der Waals surface area contributed by atoms with E-state index in [4.69, 9.17) is 5.11 Å². The summed E-state index contributed by atoms with van der Waals surface area (Å²) in [5, 5.41) is 12.0. The average molecular weight is 240 g/mol. The average Bonchev–Trinajstić information content (AvgIpc) is 2.17. The number of nitrogens with one attached hydrogen (secondary N) is 1. The zero-order valence-electron chi connectivity index (χ0n) is 9.43. The van der Waals surface area contributed by atoms with E-state index in [0.29, 0.717) is 19.0 Å². The van der Waals surface area contributed by atoms with Crippen LogP contribution in [-0.2, 0) is 0 Å². The van der Waals surface area contributed by atoms with E-state index in [2.05, 4.69) is 5.32 Å². The van der Waals surface area contributed by atoms with Crippen LogP contribution in [0.4, 0.5) is 13.2 Å². The Morgan fingerprint density at radius 3 is 2.75 bits per heavy atom. The Hall–Kier alpha value is -0.330. The predicted octanol–water partition coefficient (Wildman–Crippen LogP) is 0.841. The molecule has 2 N–H and O–H groups in total. The van der Waals surface area contributed by atoms with Gasteiger partial charge in [0.25, 0.3) is 0 Å². The van der Waals surface area contributed by atoms with Crippen LogP contribution >= 0.6 is 0 Å². The van der Waals surface area contributed by atoms with E-state index >= 15 is 0 Å². The first-order valence-corrected chi connectivity index (χ1v) is 5.55. The molecule has 6 heteroatoms. The van der Waals surface area contributed by atoms with E-state index in [0.717, 1.165) is 19.4 Å². The van der Waals surface area contributed by atoms with Crippen LogP contribution in [-0.4, -0.2) is 55.5 Å². The number of rotatable bonds is 4. The van der Waals surface area contributed by atoms with Gasteiger partial charge in [0.2, 0.25) is 0 Å². The highest BCUT2D eigenvalue weighted by Gasteiger charge is 2.39. The van der Waals surface area contributed by atoms with Crippen molar-refractivity contribution in [2.75, 3.05) is 33.2 Å². The molecule has 1 saturated heterocycles. The lowest BCUT2D eigenvalue weighted by Gasteiger charge is -2.34. The van der Waals surface area contributed by atoms with Crippen LogP contribution in [0, 0.1) is 5.92 Å². The van der Waals surface area contributed by atoms with Crippen molar-refractivity contribution >= 4 is 0 Å². The normalized spacial score (nSPS) is 25.7. The summed E-state index contributed by atoms with van der Waals surface area (Å²) < 4.78 is 36.5. The number of piperidine rings is 1. The Kier molecular flexibility index (Phi) is 5.01. The van der Waals surface area contributed by atoms with Crippen LogP contribution < -0.4 is 5.32 Å². The molecule has 2 unspecified atom stereocenters. The second kappa shape index (κ2) is 5.84. The maximum atomic E-state index is 12.2. The number of β-amino-alcohol motifs (C(OH)–C–C–N with tert-alkyl or cyclic N) is 1. The van der Waals surface area contributed by atoms with Crippen LogP contribution in [0.15, 0.2) is 0 Å². The molecule has 0 bridgehead atoms. The van der Waals surface area contributed by atoms with Crippen molar-refractivity contribution in [3.05, 3.63) is 0 Å². The molecule has 0 aromatic rings. The first-order chi connectivity index (χ1) is 7.43. The third kappa shape index (κ3) is 4.27. The number of likely N-dealkylation sites (tertiary alicyclic amines) is 1. The molecule has 16 heavy (non-hydrogen) atoms. The Balaban J connectivity index is 2.37. The summed E-state index contributed by atoms with van der Waals surface area (Å²) in [4.78, 5) is 1.70. The van der Waals surface area contributed by atoms with Gasteiger partial charge in [0, 0.05) is 13.1 Å². The van der Waals surface area contributed by atoms with E-state index in [1.54, 1.807) is 4.90 Å². The molecule has 0 aliphatic carbocycles. The molecule has 0 spiro atoms. The molecule has 1 aliphatic rings. The van der Waals surface area contributed by atoms with Gasteiger partial charge in [-0.1, -0.05) is 0 Å². The minimum atomic E-state index is -4.50. The number of nitrogens with zero attached hydrogens (tertiary/aromatic N) is 1. The summed E-state index contributed by atoms with van der Waals surface area (Å²) in [6.45, 7) is 1.80. The van der Waals surface area contributed by atoms with Crippen LogP contribution in [0.3, 0.4) is 0 Å². The Morgan fingerprint density at radius 2 is 2.19 bits per heavy atom. The summed E-state index contributed by atoms with van der Waals surface area (Å²) in [5.74, 6) is 0.388. The highest BCUT2D eigenvalue weighted by atomic mass is 19.4. The molecule has 1 aliphatic heterocycles. The SMILES string of the molecule is CNCC1CCCN(CC(O)C(F)(F)F)C1. The number of alkyl halides is 3. The predicted molar refractivity (Wildman–Crippen MR) is 55.2 cm³/mol. The van der Waals surface area contributed by atoms with Crippen molar-refractivity contribution < 1.29 is 18.3 Å². The Labute approximate surface area is 93.6 Å². The van der Waals surface area contributed by atoms with Gasteiger partial charge in [-0.3, -0.25) is 0 Å². The van der Waals surface area contributed by atoms with Crippen LogP contribution in [0.2, 0.25) is 0 Å². The third-order valence-electron chi connectivity index (χ3n) is 2.90. The molecule has 2 atom stereocenters. The zero-order chi connectivity index (χ0) is 12.2. The molecule has 0 aromatic carbocycles. The molecule has 0 saturated carbocycles. The zero-order valence-corrected chi connectivity index (χ0v) is 9.43. The van der Waals surface area contributed by atoms with Crippen molar-refractivity contribution in [3.8, 4) is 0 Å². The van der Waals surface area contributed by atoms with Gasteiger partial charge in [0.05, 0.1) is 0 Å². The molecule has 0 aromatic heterocycles. The summed E-state index contributed by atoms with van der Waals surface area (Å²) >= 11 is 0. The smallest absolute Gasteiger partial charge is 0.382 e. The molecule has 0 radical (unpaired) electrons. The minimum absolute atomic E-state index is 0.302. The highest BCUT2D eigenvalue weighted by molar-refractivity contribution is 4.78. The fraction of sp³-hybridized carbons (Fsp3) is 1.00. The van der Waals surface area contributed by atoms with E-state index in [1.165, 1.54) is 0 Å². The third-order valence-corrected chi connectivity index (χ3v) is 2.90.